The molecule has 0 aliphatic heterocycles. The van der Waals surface area contributed by atoms with Crippen molar-refractivity contribution in [1.29, 1.82) is 0 Å². The highest BCUT2D eigenvalue weighted by Crippen LogP contribution is 2.13. The van der Waals surface area contributed by atoms with Crippen molar-refractivity contribution in [3.8, 4) is 0 Å². The molecule has 118 valence electrons. The van der Waals surface area contributed by atoms with E-state index in [2.05, 4.69) is 12.2 Å². The van der Waals surface area contributed by atoms with Gasteiger partial charge in [0.2, 0.25) is 5.91 Å². The number of ether oxygens (including phenoxy) is 1. The molecule has 4 nitrogen and oxygen atoms in total. The van der Waals surface area contributed by atoms with Gasteiger partial charge in [0.15, 0.2) is 0 Å². The Labute approximate surface area is 128 Å². The summed E-state index contributed by atoms with van der Waals surface area (Å²) in [6.07, 6.45) is 7.33. The van der Waals surface area contributed by atoms with Gasteiger partial charge in [0.05, 0.1) is 0 Å². The highest BCUT2D eigenvalue weighted by molar-refractivity contribution is 5.92. The van der Waals surface area contributed by atoms with Crippen molar-refractivity contribution in [2.45, 2.75) is 52.0 Å². The second-order valence-corrected chi connectivity index (χ2v) is 5.23. The molecular weight excluding hydrogens is 264 g/mol. The number of benzene rings is 1. The van der Waals surface area contributed by atoms with Crippen LogP contribution < -0.4 is 11.1 Å². The minimum atomic E-state index is -0.123. The molecule has 1 rings (SSSR count). The average Bonchev–Trinajstić information content (AvgIpc) is 2.50. The first-order valence-electron chi connectivity index (χ1n) is 7.93. The molecule has 1 aromatic carbocycles. The monoisotopic (exact) mass is 292 g/mol. The Bertz CT molecular complexity index is 408. The fourth-order valence-corrected chi connectivity index (χ4v) is 2.16. The first-order chi connectivity index (χ1) is 10.3. The van der Waals surface area contributed by atoms with Crippen LogP contribution in [0.25, 0.3) is 0 Å². The van der Waals surface area contributed by atoms with Crippen molar-refractivity contribution in [3.05, 3.63) is 29.8 Å². The maximum Gasteiger partial charge on any atom is 0.250 e. The SMILES string of the molecule is CCCCCCCCOCC(=O)Nc1ccccc1CN. The fraction of sp³-hybridized carbons (Fsp3) is 0.588. The summed E-state index contributed by atoms with van der Waals surface area (Å²) in [6.45, 7) is 3.38. The van der Waals surface area contributed by atoms with Gasteiger partial charge in [-0.15, -0.1) is 0 Å². The molecule has 0 bridgehead atoms. The van der Waals surface area contributed by atoms with E-state index >= 15 is 0 Å². The van der Waals surface area contributed by atoms with Crippen molar-refractivity contribution < 1.29 is 9.53 Å². The average molecular weight is 292 g/mol. The van der Waals surface area contributed by atoms with Crippen LogP contribution in [0.5, 0.6) is 0 Å². The molecule has 0 heterocycles. The van der Waals surface area contributed by atoms with E-state index in [1.165, 1.54) is 32.1 Å². The van der Waals surface area contributed by atoms with Crippen LogP contribution in [0.1, 0.15) is 51.0 Å². The maximum atomic E-state index is 11.8. The third-order valence-electron chi connectivity index (χ3n) is 3.39. The van der Waals surface area contributed by atoms with Gasteiger partial charge in [0.25, 0.3) is 0 Å². The molecule has 0 spiro atoms. The van der Waals surface area contributed by atoms with E-state index in [1.807, 2.05) is 24.3 Å². The van der Waals surface area contributed by atoms with Crippen LogP contribution >= 0.6 is 0 Å². The van der Waals surface area contributed by atoms with E-state index in [0.717, 1.165) is 17.7 Å². The maximum absolute atomic E-state index is 11.8. The summed E-state index contributed by atoms with van der Waals surface area (Å²) in [6, 6.07) is 7.55. The Morgan fingerprint density at radius 1 is 1.14 bits per heavy atom. The predicted molar refractivity (Wildman–Crippen MR) is 87.2 cm³/mol. The number of para-hydroxylation sites is 1. The van der Waals surface area contributed by atoms with Gasteiger partial charge >= 0.3 is 0 Å². The molecule has 0 fully saturated rings. The zero-order valence-corrected chi connectivity index (χ0v) is 13.1. The first kappa shape index (κ1) is 17.7. The van der Waals surface area contributed by atoms with Gasteiger partial charge in [-0.3, -0.25) is 4.79 Å². The van der Waals surface area contributed by atoms with Gasteiger partial charge in [-0.25, -0.2) is 0 Å². The van der Waals surface area contributed by atoms with E-state index < -0.39 is 0 Å². The lowest BCUT2D eigenvalue weighted by Crippen LogP contribution is -2.20. The van der Waals surface area contributed by atoms with E-state index in [0.29, 0.717) is 13.2 Å². The van der Waals surface area contributed by atoms with Crippen molar-refractivity contribution in [3.63, 3.8) is 0 Å². The summed E-state index contributed by atoms with van der Waals surface area (Å²) < 4.78 is 5.40. The van der Waals surface area contributed by atoms with Gasteiger partial charge in [0.1, 0.15) is 6.61 Å². The first-order valence-corrected chi connectivity index (χ1v) is 7.93. The lowest BCUT2D eigenvalue weighted by molar-refractivity contribution is -0.120. The number of unbranched alkanes of at least 4 members (excludes halogenated alkanes) is 5. The Morgan fingerprint density at radius 3 is 2.62 bits per heavy atom. The molecule has 0 radical (unpaired) electrons. The van der Waals surface area contributed by atoms with Crippen LogP contribution in [-0.4, -0.2) is 19.1 Å². The normalized spacial score (nSPS) is 10.6. The van der Waals surface area contributed by atoms with Crippen LogP contribution in [0.3, 0.4) is 0 Å². The number of nitrogens with one attached hydrogen (secondary N) is 1. The molecule has 0 aromatic heterocycles. The lowest BCUT2D eigenvalue weighted by atomic mass is 10.1. The van der Waals surface area contributed by atoms with E-state index in [1.54, 1.807) is 0 Å². The van der Waals surface area contributed by atoms with Crippen molar-refractivity contribution in [2.75, 3.05) is 18.5 Å². The van der Waals surface area contributed by atoms with E-state index in [-0.39, 0.29) is 12.5 Å². The van der Waals surface area contributed by atoms with E-state index in [9.17, 15) is 4.79 Å². The predicted octanol–water partition coefficient (Wildman–Crippen LogP) is 3.46. The van der Waals surface area contributed by atoms with Crippen molar-refractivity contribution in [2.24, 2.45) is 5.73 Å². The molecule has 4 heteroatoms. The second kappa shape index (κ2) is 11.3. The standard InChI is InChI=1S/C17H28N2O2/c1-2-3-4-5-6-9-12-21-14-17(20)19-16-11-8-7-10-15(16)13-18/h7-8,10-11H,2-6,9,12-14,18H2,1H3,(H,19,20). The summed E-state index contributed by atoms with van der Waals surface area (Å²) in [5.74, 6) is -0.123. The minimum Gasteiger partial charge on any atom is -0.372 e. The quantitative estimate of drug-likeness (QED) is 0.614. The lowest BCUT2D eigenvalue weighted by Gasteiger charge is -2.09. The topological polar surface area (TPSA) is 64.3 Å². The second-order valence-electron chi connectivity index (χ2n) is 5.23. The molecule has 0 unspecified atom stereocenters. The number of amides is 1. The Kier molecular flexibility index (Phi) is 9.49. The number of carbonyl (C=O) groups is 1. The molecule has 0 aliphatic carbocycles. The molecule has 0 atom stereocenters. The Balaban J connectivity index is 2.11. The number of rotatable bonds is 11. The molecule has 0 saturated carbocycles. The van der Waals surface area contributed by atoms with Crippen LogP contribution in [0, 0.1) is 0 Å². The summed E-state index contributed by atoms with van der Waals surface area (Å²) in [4.78, 5) is 11.8. The highest BCUT2D eigenvalue weighted by atomic mass is 16.5. The number of hydrogen-bond donors (Lipinski definition) is 2. The highest BCUT2D eigenvalue weighted by Gasteiger charge is 2.05. The smallest absolute Gasteiger partial charge is 0.250 e. The van der Waals surface area contributed by atoms with Crippen molar-refractivity contribution in [1.82, 2.24) is 0 Å². The molecule has 0 aliphatic rings. The van der Waals surface area contributed by atoms with E-state index in [4.69, 9.17) is 10.5 Å². The Morgan fingerprint density at radius 2 is 1.86 bits per heavy atom. The molecular formula is C17H28N2O2. The van der Waals surface area contributed by atoms with Gasteiger partial charge in [0, 0.05) is 18.8 Å². The molecule has 3 N–H and O–H groups in total. The number of carbonyl (C=O) groups excluding carboxylic acids is 1. The summed E-state index contributed by atoms with van der Waals surface area (Å²) in [5.41, 5.74) is 7.34. The summed E-state index contributed by atoms with van der Waals surface area (Å²) >= 11 is 0. The van der Waals surface area contributed by atoms with Gasteiger partial charge in [-0.2, -0.15) is 0 Å². The molecule has 1 amide bonds. The van der Waals surface area contributed by atoms with Gasteiger partial charge in [-0.1, -0.05) is 57.2 Å². The largest absolute Gasteiger partial charge is 0.372 e. The van der Waals surface area contributed by atoms with Gasteiger partial charge in [-0.05, 0) is 18.1 Å². The molecule has 21 heavy (non-hydrogen) atoms. The number of hydrogen-bond acceptors (Lipinski definition) is 3. The number of nitrogens with two attached hydrogens (primary N) is 1. The summed E-state index contributed by atoms with van der Waals surface area (Å²) in [5, 5.41) is 2.84. The van der Waals surface area contributed by atoms with Crippen LogP contribution in [-0.2, 0) is 16.1 Å². The fourth-order valence-electron chi connectivity index (χ4n) is 2.16. The van der Waals surface area contributed by atoms with Crippen molar-refractivity contribution >= 4 is 11.6 Å². The van der Waals surface area contributed by atoms with Crippen LogP contribution in [0.4, 0.5) is 5.69 Å². The minimum absolute atomic E-state index is 0.105. The Hall–Kier alpha value is -1.39. The van der Waals surface area contributed by atoms with Gasteiger partial charge < -0.3 is 15.8 Å². The zero-order valence-electron chi connectivity index (χ0n) is 13.1. The third kappa shape index (κ3) is 7.83. The molecule has 0 saturated heterocycles. The zero-order chi connectivity index (χ0) is 15.3. The van der Waals surface area contributed by atoms with Crippen LogP contribution in [0.2, 0.25) is 0 Å². The number of anilines is 1. The third-order valence-corrected chi connectivity index (χ3v) is 3.39. The summed E-state index contributed by atoms with van der Waals surface area (Å²) in [7, 11) is 0. The van der Waals surface area contributed by atoms with Crippen LogP contribution in [0.15, 0.2) is 24.3 Å². The molecule has 1 aromatic rings.